The van der Waals surface area contributed by atoms with Gasteiger partial charge in [0.2, 0.25) is 0 Å². The number of alkyl halides is 3. The summed E-state index contributed by atoms with van der Waals surface area (Å²) in [6, 6.07) is 7.44. The second-order valence-electron chi connectivity index (χ2n) is 5.27. The number of carbonyl (C=O) groups excluding carboxylic acids is 2. The van der Waals surface area contributed by atoms with Crippen LogP contribution in [0.2, 0.25) is 0 Å². The molecule has 2 amide bonds. The lowest BCUT2D eigenvalue weighted by atomic mass is 10.1. The van der Waals surface area contributed by atoms with Crippen molar-refractivity contribution in [1.29, 1.82) is 0 Å². The molecule has 2 rings (SSSR count). The van der Waals surface area contributed by atoms with Gasteiger partial charge in [0.05, 0.1) is 12.7 Å². The number of hydrogen-bond donors (Lipinski definition) is 2. The van der Waals surface area contributed by atoms with Crippen molar-refractivity contribution in [3.05, 3.63) is 52.0 Å². The van der Waals surface area contributed by atoms with Crippen molar-refractivity contribution in [1.82, 2.24) is 0 Å². The van der Waals surface area contributed by atoms with Crippen molar-refractivity contribution in [2.75, 3.05) is 19.0 Å². The highest BCUT2D eigenvalue weighted by Gasteiger charge is 2.33. The molecular weight excluding hydrogens is 433 g/mol. The van der Waals surface area contributed by atoms with Gasteiger partial charge < -0.3 is 20.5 Å². The molecule has 144 valence electrons. The van der Waals surface area contributed by atoms with Crippen molar-refractivity contribution >= 4 is 33.4 Å². The minimum absolute atomic E-state index is 0.0245. The summed E-state index contributed by atoms with van der Waals surface area (Å²) in [6.07, 6.45) is -4.57. The summed E-state index contributed by atoms with van der Waals surface area (Å²) < 4.78 is 49.0. The largest absolute Gasteiger partial charge is 0.493 e. The van der Waals surface area contributed by atoms with Gasteiger partial charge in [-0.1, -0.05) is 15.9 Å². The van der Waals surface area contributed by atoms with Gasteiger partial charge in [0.25, 0.3) is 11.8 Å². The van der Waals surface area contributed by atoms with E-state index in [0.29, 0.717) is 0 Å². The molecule has 0 aliphatic heterocycles. The number of nitrogens with two attached hydrogens (primary N) is 1. The van der Waals surface area contributed by atoms with Gasteiger partial charge in [-0.25, -0.2) is 0 Å². The minimum atomic E-state index is -4.57. The number of benzene rings is 2. The van der Waals surface area contributed by atoms with Crippen molar-refractivity contribution in [3.63, 3.8) is 0 Å². The van der Waals surface area contributed by atoms with Gasteiger partial charge in [-0.3, -0.25) is 9.59 Å². The average molecular weight is 447 g/mol. The molecule has 0 saturated heterocycles. The Morgan fingerprint density at radius 2 is 1.85 bits per heavy atom. The molecule has 0 atom stereocenters. The highest BCUT2D eigenvalue weighted by atomic mass is 79.9. The fraction of sp³-hybridized carbons (Fsp3) is 0.176. The second-order valence-corrected chi connectivity index (χ2v) is 6.12. The molecule has 3 N–H and O–H groups in total. The van der Waals surface area contributed by atoms with Crippen molar-refractivity contribution < 1.29 is 32.2 Å². The number of hydrogen-bond acceptors (Lipinski definition) is 4. The van der Waals surface area contributed by atoms with Crippen molar-refractivity contribution in [2.45, 2.75) is 6.18 Å². The SMILES string of the molecule is COc1cc(C(=O)Nc2ccc(Br)c(C(F)(F)F)c2)ccc1OCC(N)=O. The van der Waals surface area contributed by atoms with E-state index in [-0.39, 0.29) is 33.8 Å². The number of rotatable bonds is 6. The maximum absolute atomic E-state index is 13.0. The summed E-state index contributed by atoms with van der Waals surface area (Å²) in [5.41, 5.74) is 4.18. The summed E-state index contributed by atoms with van der Waals surface area (Å²) in [6.45, 7) is -0.374. The van der Waals surface area contributed by atoms with Gasteiger partial charge in [0.15, 0.2) is 18.1 Å². The third-order valence-electron chi connectivity index (χ3n) is 3.33. The Balaban J connectivity index is 2.22. The van der Waals surface area contributed by atoms with Crippen LogP contribution in [0.3, 0.4) is 0 Å². The minimum Gasteiger partial charge on any atom is -0.493 e. The number of carbonyl (C=O) groups is 2. The van der Waals surface area contributed by atoms with E-state index in [0.717, 1.165) is 6.07 Å². The third kappa shape index (κ3) is 5.36. The number of primary amides is 1. The van der Waals surface area contributed by atoms with Gasteiger partial charge >= 0.3 is 6.18 Å². The molecule has 0 aliphatic rings. The lowest BCUT2D eigenvalue weighted by Crippen LogP contribution is -2.20. The van der Waals surface area contributed by atoms with Crippen LogP contribution < -0.4 is 20.5 Å². The molecule has 2 aromatic carbocycles. The first-order valence-corrected chi connectivity index (χ1v) is 8.18. The molecule has 0 bridgehead atoms. The summed E-state index contributed by atoms with van der Waals surface area (Å²) >= 11 is 2.83. The van der Waals surface area contributed by atoms with E-state index >= 15 is 0 Å². The normalized spacial score (nSPS) is 11.0. The molecule has 0 fully saturated rings. The van der Waals surface area contributed by atoms with E-state index in [1.807, 2.05) is 0 Å². The Morgan fingerprint density at radius 1 is 1.15 bits per heavy atom. The quantitative estimate of drug-likeness (QED) is 0.709. The molecule has 0 radical (unpaired) electrons. The molecule has 2 aromatic rings. The smallest absolute Gasteiger partial charge is 0.417 e. The molecule has 0 unspecified atom stereocenters. The predicted octanol–water partition coefficient (Wildman–Crippen LogP) is 3.59. The first-order valence-electron chi connectivity index (χ1n) is 7.39. The molecule has 0 aliphatic carbocycles. The van der Waals surface area contributed by atoms with E-state index < -0.39 is 23.6 Å². The van der Waals surface area contributed by atoms with Crippen LogP contribution in [0.1, 0.15) is 15.9 Å². The Kier molecular flexibility index (Phi) is 6.32. The summed E-state index contributed by atoms with van der Waals surface area (Å²) in [7, 11) is 1.33. The monoisotopic (exact) mass is 446 g/mol. The van der Waals surface area contributed by atoms with Crippen LogP contribution in [0, 0.1) is 0 Å². The van der Waals surface area contributed by atoms with Gasteiger partial charge in [-0.15, -0.1) is 0 Å². The highest BCUT2D eigenvalue weighted by Crippen LogP contribution is 2.36. The van der Waals surface area contributed by atoms with E-state index in [4.69, 9.17) is 15.2 Å². The number of halogens is 4. The Labute approximate surface area is 160 Å². The topological polar surface area (TPSA) is 90.7 Å². The molecule has 0 spiro atoms. The van der Waals surface area contributed by atoms with E-state index in [1.165, 1.54) is 37.4 Å². The van der Waals surface area contributed by atoms with Gasteiger partial charge in [-0.2, -0.15) is 13.2 Å². The van der Waals surface area contributed by atoms with Gasteiger partial charge in [0.1, 0.15) is 0 Å². The van der Waals surface area contributed by atoms with Crippen LogP contribution in [0.4, 0.5) is 18.9 Å². The molecule has 0 aromatic heterocycles. The number of ether oxygens (including phenoxy) is 2. The molecule has 6 nitrogen and oxygen atoms in total. The van der Waals surface area contributed by atoms with Crippen LogP contribution in [-0.4, -0.2) is 25.5 Å². The highest BCUT2D eigenvalue weighted by molar-refractivity contribution is 9.10. The fourth-order valence-electron chi connectivity index (χ4n) is 2.10. The maximum Gasteiger partial charge on any atom is 0.417 e. The van der Waals surface area contributed by atoms with Gasteiger partial charge in [0, 0.05) is 15.7 Å². The number of nitrogens with one attached hydrogen (secondary N) is 1. The molecular formula is C17H14BrF3N2O4. The zero-order chi connectivity index (χ0) is 20.2. The first-order chi connectivity index (χ1) is 12.6. The van der Waals surface area contributed by atoms with Gasteiger partial charge in [-0.05, 0) is 36.4 Å². The number of methoxy groups -OCH3 is 1. The zero-order valence-corrected chi connectivity index (χ0v) is 15.5. The summed E-state index contributed by atoms with van der Waals surface area (Å²) in [5.74, 6) is -0.980. The van der Waals surface area contributed by atoms with Crippen LogP contribution in [0.25, 0.3) is 0 Å². The zero-order valence-electron chi connectivity index (χ0n) is 13.9. The van der Waals surface area contributed by atoms with Crippen LogP contribution >= 0.6 is 15.9 Å². The van der Waals surface area contributed by atoms with Crippen LogP contribution in [-0.2, 0) is 11.0 Å². The first kappa shape index (κ1) is 20.6. The van der Waals surface area contributed by atoms with Crippen molar-refractivity contribution in [3.8, 4) is 11.5 Å². The second kappa shape index (κ2) is 8.30. The Hall–Kier alpha value is -2.75. The lowest BCUT2D eigenvalue weighted by molar-refractivity contribution is -0.138. The third-order valence-corrected chi connectivity index (χ3v) is 4.02. The molecule has 10 heteroatoms. The Bertz CT molecular complexity index is 872. The van der Waals surface area contributed by atoms with E-state index in [9.17, 15) is 22.8 Å². The fourth-order valence-corrected chi connectivity index (χ4v) is 2.57. The summed E-state index contributed by atoms with van der Waals surface area (Å²) in [5, 5.41) is 2.39. The van der Waals surface area contributed by atoms with E-state index in [2.05, 4.69) is 21.2 Å². The standard InChI is InChI=1S/C17H14BrF3N2O4/c1-26-14-6-9(2-5-13(14)27-8-15(22)24)16(25)23-10-3-4-12(18)11(7-10)17(19,20)21/h2-7H,8H2,1H3,(H2,22,24)(H,23,25). The van der Waals surface area contributed by atoms with Crippen LogP contribution in [0.5, 0.6) is 11.5 Å². The maximum atomic E-state index is 13.0. The molecule has 0 saturated carbocycles. The Morgan fingerprint density at radius 3 is 2.44 bits per heavy atom. The number of amides is 2. The lowest BCUT2D eigenvalue weighted by Gasteiger charge is -2.13. The van der Waals surface area contributed by atoms with Crippen LogP contribution in [0.15, 0.2) is 40.9 Å². The predicted molar refractivity (Wildman–Crippen MR) is 94.8 cm³/mol. The molecule has 27 heavy (non-hydrogen) atoms. The van der Waals surface area contributed by atoms with Crippen molar-refractivity contribution in [2.24, 2.45) is 5.73 Å². The summed E-state index contributed by atoms with van der Waals surface area (Å²) in [4.78, 5) is 23.1. The number of anilines is 1. The van der Waals surface area contributed by atoms with E-state index in [1.54, 1.807) is 0 Å². The average Bonchev–Trinajstić information content (AvgIpc) is 2.60. The molecule has 0 heterocycles.